The number of nitrogens with one attached hydrogen (secondary N) is 1. The molecule has 3 aliphatic rings. The minimum atomic E-state index is -1.84. The topological polar surface area (TPSA) is 167 Å². The van der Waals surface area contributed by atoms with E-state index in [2.05, 4.69) is 5.32 Å². The van der Waals surface area contributed by atoms with Gasteiger partial charge < -0.3 is 25.4 Å². The van der Waals surface area contributed by atoms with Crippen molar-refractivity contribution in [3.8, 4) is 5.75 Å². The molecule has 41 heavy (non-hydrogen) atoms. The second kappa shape index (κ2) is 11.0. The van der Waals surface area contributed by atoms with Crippen molar-refractivity contribution in [1.29, 1.82) is 0 Å². The van der Waals surface area contributed by atoms with E-state index in [4.69, 9.17) is 4.74 Å². The van der Waals surface area contributed by atoms with Gasteiger partial charge in [-0.2, -0.15) is 0 Å². The number of phenolic OH excluding ortho intramolecular Hbond substituents is 1. The van der Waals surface area contributed by atoms with Gasteiger partial charge in [-0.3, -0.25) is 24.0 Å². The van der Waals surface area contributed by atoms with E-state index < -0.39 is 58.2 Å². The van der Waals surface area contributed by atoms with E-state index >= 15 is 0 Å². The van der Waals surface area contributed by atoms with E-state index in [1.54, 1.807) is 6.08 Å². The average Bonchev–Trinajstić information content (AvgIpc) is 3.03. The molecule has 1 amide bonds. The molecule has 4 rings (SSSR count). The largest absolute Gasteiger partial charge is 0.507 e. The Morgan fingerprint density at radius 2 is 1.76 bits per heavy atom. The average molecular weight is 568 g/mol. The van der Waals surface area contributed by atoms with Crippen LogP contribution in [0.3, 0.4) is 0 Å². The Labute approximate surface area is 238 Å². The van der Waals surface area contributed by atoms with Gasteiger partial charge in [0.15, 0.2) is 11.6 Å². The minimum absolute atomic E-state index is 0.0632. The number of amides is 1. The standard InChI is InChI=1S/C31H37NO9/c1-6-16-7-9-18(33)20(14-30(3,4)40)41-29(39)31(5)12-11-21(35)32-25-24(31)28(38)22-17(27(25)37)13-15(2)26(36)23(22)19(34)10-8-16/h7,9,13,16,18,20,33,36,40H,6,8,10-12,14H2,1-5H3,(H,32,35). The zero-order valence-corrected chi connectivity index (χ0v) is 24.0. The van der Waals surface area contributed by atoms with Crippen molar-refractivity contribution in [3.05, 3.63) is 51.7 Å². The molecule has 2 heterocycles. The first-order valence-electron chi connectivity index (χ1n) is 13.9. The molecule has 0 radical (unpaired) electrons. The van der Waals surface area contributed by atoms with Crippen molar-refractivity contribution in [2.24, 2.45) is 11.3 Å². The Hall–Kier alpha value is -3.63. The number of hydrogen-bond acceptors (Lipinski definition) is 9. The maximum atomic E-state index is 14.3. The summed E-state index contributed by atoms with van der Waals surface area (Å²) in [6.07, 6.45) is 0.922. The molecule has 0 fully saturated rings. The number of carbonyl (C=O) groups is 5. The SMILES string of the molecule is CCC1C=CC(O)C(CC(C)(C)O)OC(=O)C2(C)CCC(=O)NC3=C2C(=O)c2c(cc(C)c(O)c2C(=O)CC1)C3=O. The van der Waals surface area contributed by atoms with Crippen molar-refractivity contribution in [2.75, 3.05) is 0 Å². The number of aliphatic hydroxyl groups excluding tert-OH is 1. The Kier molecular flexibility index (Phi) is 8.12. The first-order valence-corrected chi connectivity index (χ1v) is 13.9. The highest BCUT2D eigenvalue weighted by Crippen LogP contribution is 2.45. The Bertz CT molecular complexity index is 1400. The maximum absolute atomic E-state index is 14.3. The van der Waals surface area contributed by atoms with Gasteiger partial charge in [0.2, 0.25) is 11.7 Å². The van der Waals surface area contributed by atoms with Crippen LogP contribution in [0.5, 0.6) is 5.75 Å². The number of esters is 1. The van der Waals surface area contributed by atoms with E-state index in [1.165, 1.54) is 39.8 Å². The third-order valence-corrected chi connectivity index (χ3v) is 8.25. The second-order valence-corrected chi connectivity index (χ2v) is 12.1. The van der Waals surface area contributed by atoms with E-state index in [0.29, 0.717) is 12.8 Å². The van der Waals surface area contributed by atoms with E-state index in [9.17, 15) is 39.3 Å². The fourth-order valence-electron chi connectivity index (χ4n) is 5.79. The van der Waals surface area contributed by atoms with Crippen LogP contribution in [-0.4, -0.2) is 62.4 Å². The number of rotatable bonds is 3. The summed E-state index contributed by atoms with van der Waals surface area (Å²) in [5.74, 6) is -4.29. The molecule has 1 aromatic rings. The smallest absolute Gasteiger partial charge is 0.316 e. The lowest BCUT2D eigenvalue weighted by molar-refractivity contribution is -0.166. The van der Waals surface area contributed by atoms with Gasteiger partial charge in [-0.05, 0) is 64.5 Å². The number of phenols is 1. The van der Waals surface area contributed by atoms with Crippen molar-refractivity contribution in [3.63, 3.8) is 0 Å². The summed E-state index contributed by atoms with van der Waals surface area (Å²) in [5, 5.41) is 35.0. The van der Waals surface area contributed by atoms with Crippen LogP contribution < -0.4 is 5.32 Å². The molecular weight excluding hydrogens is 530 g/mol. The molecular formula is C31H37NO9. The predicted octanol–water partition coefficient (Wildman–Crippen LogP) is 3.24. The lowest BCUT2D eigenvalue weighted by Crippen LogP contribution is -2.44. The molecule has 220 valence electrons. The molecule has 0 aromatic heterocycles. The summed E-state index contributed by atoms with van der Waals surface area (Å²) < 4.78 is 5.80. The number of allylic oxidation sites excluding steroid dienone is 2. The van der Waals surface area contributed by atoms with Gasteiger partial charge in [0, 0.05) is 36.0 Å². The van der Waals surface area contributed by atoms with Gasteiger partial charge in [-0.25, -0.2) is 0 Å². The van der Waals surface area contributed by atoms with Crippen LogP contribution in [0.25, 0.3) is 0 Å². The monoisotopic (exact) mass is 567 g/mol. The van der Waals surface area contributed by atoms with Gasteiger partial charge in [0.25, 0.3) is 0 Å². The van der Waals surface area contributed by atoms with Gasteiger partial charge in [0.1, 0.15) is 18.0 Å². The molecule has 4 unspecified atom stereocenters. The maximum Gasteiger partial charge on any atom is 0.316 e. The molecule has 0 saturated heterocycles. The summed E-state index contributed by atoms with van der Waals surface area (Å²) in [6.45, 7) is 7.79. The fraction of sp³-hybridized carbons (Fsp3) is 0.516. The summed E-state index contributed by atoms with van der Waals surface area (Å²) in [6, 6.07) is 1.31. The number of ether oxygens (including phenoxy) is 1. The molecule has 0 saturated carbocycles. The van der Waals surface area contributed by atoms with Gasteiger partial charge in [-0.1, -0.05) is 19.1 Å². The summed E-state index contributed by atoms with van der Waals surface area (Å²) in [5.41, 5.74) is -4.41. The molecule has 4 atom stereocenters. The molecule has 10 heteroatoms. The van der Waals surface area contributed by atoms with Crippen LogP contribution in [0.2, 0.25) is 0 Å². The number of aryl methyl sites for hydroxylation is 1. The number of aliphatic hydroxyl groups is 2. The number of ketones is 3. The Balaban J connectivity index is 1.99. The van der Waals surface area contributed by atoms with Crippen LogP contribution >= 0.6 is 0 Å². The number of carbonyl (C=O) groups excluding carboxylic acids is 5. The number of hydrogen-bond donors (Lipinski definition) is 4. The van der Waals surface area contributed by atoms with Crippen molar-refractivity contribution < 1.29 is 44.0 Å². The number of Topliss-reactive ketones (excluding diaryl/α,β-unsaturated/α-hetero) is 3. The van der Waals surface area contributed by atoms with Crippen molar-refractivity contribution in [1.82, 2.24) is 5.32 Å². The molecule has 2 aliphatic heterocycles. The highest BCUT2D eigenvalue weighted by Gasteiger charge is 2.52. The first-order chi connectivity index (χ1) is 19.1. The Morgan fingerprint density at radius 3 is 2.39 bits per heavy atom. The zero-order valence-electron chi connectivity index (χ0n) is 24.0. The van der Waals surface area contributed by atoms with Crippen LogP contribution in [0.1, 0.15) is 103 Å². The third kappa shape index (κ3) is 5.63. The van der Waals surface area contributed by atoms with Gasteiger partial charge >= 0.3 is 5.97 Å². The lowest BCUT2D eigenvalue weighted by atomic mass is 9.69. The predicted molar refractivity (Wildman–Crippen MR) is 147 cm³/mol. The number of cyclic esters (lactones) is 1. The van der Waals surface area contributed by atoms with E-state index in [-0.39, 0.29) is 65.1 Å². The molecule has 2 bridgehead atoms. The van der Waals surface area contributed by atoms with Gasteiger partial charge in [-0.15, -0.1) is 0 Å². The molecule has 4 N–H and O–H groups in total. The highest BCUT2D eigenvalue weighted by molar-refractivity contribution is 6.32. The van der Waals surface area contributed by atoms with Crippen LogP contribution in [-0.2, 0) is 14.3 Å². The van der Waals surface area contributed by atoms with Crippen molar-refractivity contribution >= 4 is 29.2 Å². The molecule has 10 nitrogen and oxygen atoms in total. The third-order valence-electron chi connectivity index (χ3n) is 8.25. The normalized spacial score (nSPS) is 27.6. The van der Waals surface area contributed by atoms with Crippen molar-refractivity contribution in [2.45, 2.75) is 91.0 Å². The van der Waals surface area contributed by atoms with Crippen LogP contribution in [0.4, 0.5) is 0 Å². The molecule has 1 aromatic carbocycles. The molecule has 1 aliphatic carbocycles. The van der Waals surface area contributed by atoms with E-state index in [0.717, 1.165) is 0 Å². The quantitative estimate of drug-likeness (QED) is 0.317. The van der Waals surface area contributed by atoms with Crippen LogP contribution in [0.15, 0.2) is 29.5 Å². The number of aromatic hydroxyl groups is 1. The van der Waals surface area contributed by atoms with Gasteiger partial charge in [0.05, 0.1) is 22.3 Å². The second-order valence-electron chi connectivity index (χ2n) is 12.1. The summed E-state index contributed by atoms with van der Waals surface area (Å²) >= 11 is 0. The van der Waals surface area contributed by atoms with E-state index in [1.807, 2.05) is 6.92 Å². The fourth-order valence-corrected chi connectivity index (χ4v) is 5.79. The zero-order chi connectivity index (χ0) is 30.4. The Morgan fingerprint density at radius 1 is 1.07 bits per heavy atom. The number of benzene rings is 1. The summed E-state index contributed by atoms with van der Waals surface area (Å²) in [4.78, 5) is 68.4. The summed E-state index contributed by atoms with van der Waals surface area (Å²) in [7, 11) is 0. The lowest BCUT2D eigenvalue weighted by Gasteiger charge is -2.35. The minimum Gasteiger partial charge on any atom is -0.507 e. The highest BCUT2D eigenvalue weighted by atomic mass is 16.6. The van der Waals surface area contributed by atoms with Crippen LogP contribution in [0, 0.1) is 18.3 Å². The molecule has 0 spiro atoms. The first kappa shape index (κ1) is 30.3.